The van der Waals surface area contributed by atoms with Crippen molar-refractivity contribution in [3.8, 4) is 51.0 Å². The maximum Gasteiger partial charge on any atom is 0.164 e. The quantitative estimate of drug-likeness (QED) is 0.186. The SMILES string of the molecule is c1ccc(-c2ccc3c(-c4nc(-c5ccccc5)nc(-c5ccccc5)n4)ccc(-n4c5ccccc5c5cc6ccccc6cc54)c3c2)cc1. The third-order valence-corrected chi connectivity index (χ3v) is 9.82. The molecular formula is C47H30N4. The molecule has 0 atom stereocenters. The molecule has 10 rings (SSSR count). The number of fused-ring (bicyclic) bond motifs is 5. The van der Waals surface area contributed by atoms with Gasteiger partial charge in [-0.2, -0.15) is 0 Å². The van der Waals surface area contributed by atoms with E-state index in [1.165, 1.54) is 38.1 Å². The molecule has 0 unspecified atom stereocenters. The summed E-state index contributed by atoms with van der Waals surface area (Å²) >= 11 is 0. The number of para-hydroxylation sites is 1. The molecule has 0 fully saturated rings. The average molecular weight is 651 g/mol. The largest absolute Gasteiger partial charge is 0.309 e. The van der Waals surface area contributed by atoms with Gasteiger partial charge < -0.3 is 4.57 Å². The van der Waals surface area contributed by atoms with E-state index in [-0.39, 0.29) is 0 Å². The molecule has 0 bridgehead atoms. The van der Waals surface area contributed by atoms with Gasteiger partial charge in [0.05, 0.1) is 16.7 Å². The summed E-state index contributed by atoms with van der Waals surface area (Å²) in [6.07, 6.45) is 0. The summed E-state index contributed by atoms with van der Waals surface area (Å²) in [5.41, 5.74) is 8.61. The van der Waals surface area contributed by atoms with Crippen LogP contribution in [0.25, 0.3) is 94.3 Å². The van der Waals surface area contributed by atoms with Gasteiger partial charge in [-0.3, -0.25) is 0 Å². The zero-order chi connectivity index (χ0) is 33.7. The van der Waals surface area contributed by atoms with Crippen LogP contribution in [0.2, 0.25) is 0 Å². The minimum absolute atomic E-state index is 0.639. The van der Waals surface area contributed by atoms with E-state index in [9.17, 15) is 0 Å². The molecule has 0 saturated heterocycles. The van der Waals surface area contributed by atoms with Crippen LogP contribution in [0, 0.1) is 0 Å². The molecule has 0 aliphatic carbocycles. The number of rotatable bonds is 5. The molecule has 0 aliphatic rings. The standard InChI is InChI=1S/C47H30N4/c1-4-14-31(15-5-1)36-24-25-37-39(47-49-45(32-16-6-2-7-17-32)48-46(50-47)33-18-8-3-9-19-33)26-27-43(40(37)29-36)51-42-23-13-12-22-38(42)41-28-34-20-10-11-21-35(34)30-44(41)51/h1-30H. The van der Waals surface area contributed by atoms with Crippen molar-refractivity contribution < 1.29 is 0 Å². The molecule has 0 spiro atoms. The molecule has 8 aromatic carbocycles. The maximum absolute atomic E-state index is 5.13. The third kappa shape index (κ3) is 4.96. The summed E-state index contributed by atoms with van der Waals surface area (Å²) in [6.45, 7) is 0. The summed E-state index contributed by atoms with van der Waals surface area (Å²) in [7, 11) is 0. The van der Waals surface area contributed by atoms with Crippen molar-refractivity contribution in [2.45, 2.75) is 0 Å². The number of benzene rings is 8. The van der Waals surface area contributed by atoms with Crippen molar-refractivity contribution in [1.82, 2.24) is 19.5 Å². The summed E-state index contributed by atoms with van der Waals surface area (Å²) in [5, 5.41) is 7.10. The number of aromatic nitrogens is 4. The van der Waals surface area contributed by atoms with E-state index in [1.807, 2.05) is 60.7 Å². The van der Waals surface area contributed by atoms with Gasteiger partial charge in [0.1, 0.15) is 0 Å². The first-order valence-corrected chi connectivity index (χ1v) is 17.2. The van der Waals surface area contributed by atoms with E-state index in [2.05, 4.69) is 126 Å². The highest BCUT2D eigenvalue weighted by atomic mass is 15.0. The van der Waals surface area contributed by atoms with Gasteiger partial charge in [-0.25, -0.2) is 15.0 Å². The van der Waals surface area contributed by atoms with Gasteiger partial charge in [-0.15, -0.1) is 0 Å². The van der Waals surface area contributed by atoms with Crippen LogP contribution in [0.4, 0.5) is 0 Å². The topological polar surface area (TPSA) is 43.6 Å². The van der Waals surface area contributed by atoms with E-state index in [1.54, 1.807) is 0 Å². The lowest BCUT2D eigenvalue weighted by molar-refractivity contribution is 1.08. The second-order valence-corrected chi connectivity index (χ2v) is 12.9. The van der Waals surface area contributed by atoms with Gasteiger partial charge >= 0.3 is 0 Å². The van der Waals surface area contributed by atoms with Crippen LogP contribution in [0.15, 0.2) is 182 Å². The minimum atomic E-state index is 0.639. The van der Waals surface area contributed by atoms with Crippen molar-refractivity contribution in [2.75, 3.05) is 0 Å². The predicted molar refractivity (Wildman–Crippen MR) is 211 cm³/mol. The first-order chi connectivity index (χ1) is 25.3. The van der Waals surface area contributed by atoms with E-state index >= 15 is 0 Å². The number of hydrogen-bond acceptors (Lipinski definition) is 3. The van der Waals surface area contributed by atoms with Crippen LogP contribution < -0.4 is 0 Å². The molecule has 0 saturated carbocycles. The van der Waals surface area contributed by atoms with E-state index in [0.29, 0.717) is 17.5 Å². The summed E-state index contributed by atoms with van der Waals surface area (Å²) < 4.78 is 2.43. The Kier molecular flexibility index (Phi) is 6.78. The molecule has 4 nitrogen and oxygen atoms in total. The molecule has 2 heterocycles. The summed E-state index contributed by atoms with van der Waals surface area (Å²) in [5.74, 6) is 1.93. The van der Waals surface area contributed by atoms with Crippen molar-refractivity contribution >= 4 is 43.4 Å². The van der Waals surface area contributed by atoms with Gasteiger partial charge in [-0.05, 0) is 63.7 Å². The van der Waals surface area contributed by atoms with Crippen LogP contribution in [-0.2, 0) is 0 Å². The van der Waals surface area contributed by atoms with Crippen LogP contribution in [0.1, 0.15) is 0 Å². The van der Waals surface area contributed by atoms with Gasteiger partial charge in [0.25, 0.3) is 0 Å². The zero-order valence-electron chi connectivity index (χ0n) is 27.6. The summed E-state index contributed by atoms with van der Waals surface area (Å²) in [6, 6.07) is 64.0. The highest BCUT2D eigenvalue weighted by Gasteiger charge is 2.20. The van der Waals surface area contributed by atoms with Gasteiger partial charge in [-0.1, -0.05) is 146 Å². The smallest absolute Gasteiger partial charge is 0.164 e. The zero-order valence-corrected chi connectivity index (χ0v) is 27.6. The lowest BCUT2D eigenvalue weighted by Crippen LogP contribution is -2.02. The Balaban J connectivity index is 1.28. The first kappa shape index (κ1) is 29.0. The lowest BCUT2D eigenvalue weighted by Gasteiger charge is -2.16. The van der Waals surface area contributed by atoms with Crippen molar-refractivity contribution in [3.63, 3.8) is 0 Å². The third-order valence-electron chi connectivity index (χ3n) is 9.82. The second-order valence-electron chi connectivity index (χ2n) is 12.9. The number of hydrogen-bond donors (Lipinski definition) is 0. The lowest BCUT2D eigenvalue weighted by atomic mass is 9.96. The molecule has 0 radical (unpaired) electrons. The van der Waals surface area contributed by atoms with E-state index in [4.69, 9.17) is 15.0 Å². The van der Waals surface area contributed by atoms with Crippen molar-refractivity contribution in [2.24, 2.45) is 0 Å². The minimum Gasteiger partial charge on any atom is -0.309 e. The van der Waals surface area contributed by atoms with Gasteiger partial charge in [0.2, 0.25) is 0 Å². The van der Waals surface area contributed by atoms with Crippen LogP contribution in [0.5, 0.6) is 0 Å². The first-order valence-electron chi connectivity index (χ1n) is 17.2. The second kappa shape index (κ2) is 11.9. The highest BCUT2D eigenvalue weighted by molar-refractivity contribution is 6.15. The molecule has 0 N–H and O–H groups in total. The van der Waals surface area contributed by atoms with Crippen LogP contribution in [0.3, 0.4) is 0 Å². The molecule has 0 amide bonds. The Morgan fingerprint density at radius 2 is 0.882 bits per heavy atom. The maximum atomic E-state index is 5.13. The fourth-order valence-electron chi connectivity index (χ4n) is 7.38. The summed E-state index contributed by atoms with van der Waals surface area (Å²) in [4.78, 5) is 15.2. The molecule has 51 heavy (non-hydrogen) atoms. The van der Waals surface area contributed by atoms with Crippen molar-refractivity contribution in [1.29, 1.82) is 0 Å². The fraction of sp³-hybridized carbons (Fsp3) is 0. The predicted octanol–water partition coefficient (Wildman–Crippen LogP) is 11.9. The molecule has 2 aromatic heterocycles. The van der Waals surface area contributed by atoms with Gasteiger partial charge in [0, 0.05) is 32.8 Å². The van der Waals surface area contributed by atoms with E-state index in [0.717, 1.165) is 38.7 Å². The molecule has 238 valence electrons. The molecule has 0 aliphatic heterocycles. The van der Waals surface area contributed by atoms with E-state index < -0.39 is 0 Å². The van der Waals surface area contributed by atoms with Crippen LogP contribution >= 0.6 is 0 Å². The average Bonchev–Trinajstić information content (AvgIpc) is 3.53. The van der Waals surface area contributed by atoms with Gasteiger partial charge in [0.15, 0.2) is 17.5 Å². The van der Waals surface area contributed by atoms with Crippen LogP contribution in [-0.4, -0.2) is 19.5 Å². The fourth-order valence-corrected chi connectivity index (χ4v) is 7.38. The van der Waals surface area contributed by atoms with Crippen molar-refractivity contribution in [3.05, 3.63) is 182 Å². The Bertz CT molecular complexity index is 2840. The molecule has 4 heteroatoms. The monoisotopic (exact) mass is 650 g/mol. The number of nitrogens with zero attached hydrogens (tertiary/aromatic N) is 4. The molecule has 10 aromatic rings. The Morgan fingerprint density at radius 3 is 1.57 bits per heavy atom. The Labute approximate surface area is 295 Å². The highest BCUT2D eigenvalue weighted by Crippen LogP contribution is 2.40. The molecular weight excluding hydrogens is 621 g/mol. The Morgan fingerprint density at radius 1 is 0.314 bits per heavy atom. The Hall–Kier alpha value is -6.91. The normalized spacial score (nSPS) is 11.5.